The van der Waals surface area contributed by atoms with E-state index in [1.165, 1.54) is 5.69 Å². The molecule has 0 aliphatic heterocycles. The Hall–Kier alpha value is -2.20. The summed E-state index contributed by atoms with van der Waals surface area (Å²) >= 11 is 7.09. The van der Waals surface area contributed by atoms with Crippen LogP contribution in [0.5, 0.6) is 5.75 Å². The molecule has 0 unspecified atom stereocenters. The van der Waals surface area contributed by atoms with Gasteiger partial charge in [0.2, 0.25) is 11.4 Å². The van der Waals surface area contributed by atoms with Crippen molar-refractivity contribution in [1.29, 1.82) is 0 Å². The van der Waals surface area contributed by atoms with E-state index in [-0.39, 0.29) is 30.6 Å². The number of hydrogen-bond acceptors (Lipinski definition) is 3. The molecule has 0 spiro atoms. The van der Waals surface area contributed by atoms with Crippen molar-refractivity contribution < 1.29 is 38.4 Å². The van der Waals surface area contributed by atoms with Crippen LogP contribution < -0.4 is 38.2 Å². The number of pyridine rings is 1. The number of aromatic nitrogens is 1. The number of methoxy groups -OCH3 is 1. The Balaban J connectivity index is 0.00000380. The Bertz CT molecular complexity index is 1380. The fourth-order valence-electron chi connectivity index (χ4n) is 4.06. The summed E-state index contributed by atoms with van der Waals surface area (Å²) in [7, 11) is 7.80. The smallest absolute Gasteiger partial charge is 0.213 e. The molecule has 4 nitrogen and oxygen atoms in total. The lowest BCUT2D eigenvalue weighted by atomic mass is 9.99. The third-order valence-corrected chi connectivity index (χ3v) is 7.61. The molecule has 4 rings (SSSR count). The number of nitrogens with zero attached hydrogens (tertiary/aromatic N) is 2. The van der Waals surface area contributed by atoms with Crippen LogP contribution in [-0.2, 0) is 13.7 Å². The van der Waals surface area contributed by atoms with E-state index in [0.29, 0.717) is 5.75 Å². The predicted octanol–water partition coefficient (Wildman–Crippen LogP) is 4.11. The summed E-state index contributed by atoms with van der Waals surface area (Å²) in [5.41, 5.74) is 8.33. The van der Waals surface area contributed by atoms with E-state index in [9.17, 15) is 5.11 Å². The maximum Gasteiger partial charge on any atom is 0.213 e. The normalized spacial score (nSPS) is 10.9. The zero-order valence-corrected chi connectivity index (χ0v) is 26.5. The summed E-state index contributed by atoms with van der Waals surface area (Å²) in [6.07, 6.45) is 4.27. The Labute approximate surface area is 252 Å². The zero-order chi connectivity index (χ0) is 25.8. The predicted molar refractivity (Wildman–Crippen MR) is 156 cm³/mol. The lowest BCUT2D eigenvalue weighted by molar-refractivity contribution is -0.662. The largest absolute Gasteiger partial charge is 1.00 e. The molecule has 1 aromatic heterocycles. The quantitative estimate of drug-likeness (QED) is 0.230. The molecule has 7 heteroatoms. The molecule has 0 atom stereocenters. The third kappa shape index (κ3) is 6.82. The van der Waals surface area contributed by atoms with Crippen molar-refractivity contribution in [3.05, 3.63) is 98.6 Å². The molecular weight excluding hydrogens is 707 g/mol. The Kier molecular flexibility index (Phi) is 10.3. The van der Waals surface area contributed by atoms with Gasteiger partial charge >= 0.3 is 0 Å². The second-order valence-corrected chi connectivity index (χ2v) is 10.5. The molecule has 0 aliphatic rings. The van der Waals surface area contributed by atoms with Crippen LogP contribution in [0.25, 0.3) is 34.5 Å². The van der Waals surface area contributed by atoms with Gasteiger partial charge in [0.05, 0.1) is 18.2 Å². The molecule has 0 fully saturated rings. The first kappa shape index (κ1) is 29.4. The van der Waals surface area contributed by atoms with Gasteiger partial charge in [-0.15, -0.1) is 0 Å². The van der Waals surface area contributed by atoms with Gasteiger partial charge in [-0.25, -0.2) is 0 Å². The number of aliphatic hydroxyl groups is 1. The number of rotatable bonds is 7. The summed E-state index contributed by atoms with van der Waals surface area (Å²) in [4.78, 5) is 2.09. The number of aliphatic hydroxyl groups excluding tert-OH is 1. The van der Waals surface area contributed by atoms with Crippen LogP contribution in [0.15, 0.2) is 81.7 Å². The minimum atomic E-state index is -0.0827. The molecule has 1 N–H and O–H groups in total. The van der Waals surface area contributed by atoms with Crippen LogP contribution in [0.2, 0.25) is 0 Å². The Morgan fingerprint density at radius 2 is 1.51 bits per heavy atom. The van der Waals surface area contributed by atoms with Crippen LogP contribution in [0.4, 0.5) is 5.69 Å². The van der Waals surface area contributed by atoms with E-state index in [1.54, 1.807) is 7.11 Å². The van der Waals surface area contributed by atoms with E-state index < -0.39 is 0 Å². The minimum absolute atomic E-state index is 0. The molecule has 4 aromatic rings. The highest BCUT2D eigenvalue weighted by atomic mass is 127. The van der Waals surface area contributed by atoms with Gasteiger partial charge in [0.15, 0.2) is 0 Å². The molecule has 192 valence electrons. The number of halogens is 3. The Morgan fingerprint density at radius 3 is 2.11 bits per heavy atom. The molecule has 0 saturated heterocycles. The second kappa shape index (κ2) is 13.0. The van der Waals surface area contributed by atoms with Crippen molar-refractivity contribution in [1.82, 2.24) is 0 Å². The highest BCUT2D eigenvalue weighted by molar-refractivity contribution is 9.10. The standard InChI is InChI=1S/C30H29Br2N2O2.HI/c1-33(2)26-12-5-20(6-13-26)7-14-27-16-23(22-15-24(19-35)30(32)29(18-22)36-4)17-28(34(27)3)21-8-10-25(31)11-9-21;/h5-18,35H,19H2,1-4H3;1H/q+1;/p-1. The van der Waals surface area contributed by atoms with Gasteiger partial charge in [-0.05, 0) is 92.8 Å². The van der Waals surface area contributed by atoms with Crippen molar-refractivity contribution in [2.75, 3.05) is 26.1 Å². The first-order valence-electron chi connectivity index (χ1n) is 11.5. The SMILES string of the molecule is COc1cc(-c2cc(/C=C/c3ccc(N(C)C)cc3)[n+](C)c(-c3ccc(Br)cc3)c2)cc(CO)c1Br.[I-]. The van der Waals surface area contributed by atoms with E-state index in [4.69, 9.17) is 4.74 Å². The molecule has 0 amide bonds. The van der Waals surface area contributed by atoms with Crippen molar-refractivity contribution in [2.24, 2.45) is 7.05 Å². The van der Waals surface area contributed by atoms with E-state index in [0.717, 1.165) is 48.2 Å². The summed E-state index contributed by atoms with van der Waals surface area (Å²) in [6.45, 7) is -0.0827. The maximum absolute atomic E-state index is 9.92. The number of benzene rings is 3. The van der Waals surface area contributed by atoms with Crippen molar-refractivity contribution in [3.63, 3.8) is 0 Å². The van der Waals surface area contributed by atoms with Gasteiger partial charge in [-0.2, -0.15) is 4.57 Å². The summed E-state index contributed by atoms with van der Waals surface area (Å²) in [6, 6.07) is 25.1. The van der Waals surface area contributed by atoms with Crippen LogP contribution >= 0.6 is 31.9 Å². The highest BCUT2D eigenvalue weighted by Gasteiger charge is 2.18. The third-order valence-electron chi connectivity index (χ3n) is 6.18. The van der Waals surface area contributed by atoms with Gasteiger partial charge in [0.25, 0.3) is 0 Å². The van der Waals surface area contributed by atoms with E-state index in [1.807, 2.05) is 26.2 Å². The molecule has 37 heavy (non-hydrogen) atoms. The summed E-state index contributed by atoms with van der Waals surface area (Å²) < 4.78 is 9.58. The van der Waals surface area contributed by atoms with Crippen LogP contribution in [0.3, 0.4) is 0 Å². The number of anilines is 1. The summed E-state index contributed by atoms with van der Waals surface area (Å²) in [5, 5.41) is 9.92. The summed E-state index contributed by atoms with van der Waals surface area (Å²) in [5.74, 6) is 0.688. The first-order chi connectivity index (χ1) is 17.3. The fourth-order valence-corrected chi connectivity index (χ4v) is 4.84. The zero-order valence-electron chi connectivity index (χ0n) is 21.2. The molecular formula is C30H29Br2IN2O2. The number of ether oxygens (including phenoxy) is 1. The molecule has 0 saturated carbocycles. The van der Waals surface area contributed by atoms with Gasteiger partial charge in [-0.3, -0.25) is 0 Å². The Morgan fingerprint density at radius 1 is 0.865 bits per heavy atom. The van der Waals surface area contributed by atoms with Gasteiger partial charge < -0.3 is 38.7 Å². The fraction of sp³-hybridized carbons (Fsp3) is 0.167. The van der Waals surface area contributed by atoms with Crippen LogP contribution in [-0.4, -0.2) is 26.3 Å². The van der Waals surface area contributed by atoms with Gasteiger partial charge in [-0.1, -0.05) is 28.1 Å². The molecule has 0 aliphatic carbocycles. The highest BCUT2D eigenvalue weighted by Crippen LogP contribution is 2.36. The average molecular weight is 736 g/mol. The first-order valence-corrected chi connectivity index (χ1v) is 13.1. The monoisotopic (exact) mass is 734 g/mol. The topological polar surface area (TPSA) is 36.6 Å². The van der Waals surface area contributed by atoms with E-state index >= 15 is 0 Å². The van der Waals surface area contributed by atoms with Gasteiger partial charge in [0.1, 0.15) is 12.8 Å². The molecule has 0 bridgehead atoms. The lowest BCUT2D eigenvalue weighted by Gasteiger charge is -2.13. The van der Waals surface area contributed by atoms with Crippen molar-refractivity contribution in [2.45, 2.75) is 6.61 Å². The second-order valence-electron chi connectivity index (χ2n) is 8.75. The van der Waals surface area contributed by atoms with Gasteiger partial charge in [0, 0.05) is 48.0 Å². The molecule has 0 radical (unpaired) electrons. The maximum atomic E-state index is 9.92. The molecule has 1 heterocycles. The van der Waals surface area contributed by atoms with Crippen molar-refractivity contribution >= 4 is 49.7 Å². The van der Waals surface area contributed by atoms with Crippen LogP contribution in [0.1, 0.15) is 16.8 Å². The molecule has 3 aromatic carbocycles. The average Bonchev–Trinajstić information content (AvgIpc) is 2.89. The number of hydrogen-bond donors (Lipinski definition) is 1. The van der Waals surface area contributed by atoms with E-state index in [2.05, 4.69) is 121 Å². The minimum Gasteiger partial charge on any atom is -1.00 e. The van der Waals surface area contributed by atoms with Crippen molar-refractivity contribution in [3.8, 4) is 28.1 Å². The lowest BCUT2D eigenvalue weighted by Crippen LogP contribution is -3.00. The van der Waals surface area contributed by atoms with Crippen LogP contribution in [0, 0.1) is 0 Å².